The minimum absolute atomic E-state index is 0.0792. The zero-order chi connectivity index (χ0) is 17.0. The third-order valence-electron chi connectivity index (χ3n) is 4.58. The highest BCUT2D eigenvalue weighted by atomic mass is 16.2. The second-order valence-electron chi connectivity index (χ2n) is 6.14. The van der Waals surface area contributed by atoms with Crippen molar-refractivity contribution in [3.8, 4) is 0 Å². The van der Waals surface area contributed by atoms with E-state index in [1.165, 1.54) is 0 Å². The van der Waals surface area contributed by atoms with Gasteiger partial charge in [-0.15, -0.1) is 0 Å². The summed E-state index contributed by atoms with van der Waals surface area (Å²) in [6.45, 7) is 0.915. The summed E-state index contributed by atoms with van der Waals surface area (Å²) in [5.41, 5.74) is 2.72. The fourth-order valence-corrected chi connectivity index (χ4v) is 3.29. The van der Waals surface area contributed by atoms with Gasteiger partial charge in [0.05, 0.1) is 22.6 Å². The third-order valence-corrected chi connectivity index (χ3v) is 4.58. The van der Waals surface area contributed by atoms with Gasteiger partial charge in [-0.05, 0) is 24.3 Å². The SMILES string of the molecule is O=C(c1nc2ccccc2[nH]1)N1CC(n2c(=O)[nH]c3cccnc32)C1. The molecule has 1 saturated heterocycles. The van der Waals surface area contributed by atoms with Gasteiger partial charge in [0.2, 0.25) is 0 Å². The van der Waals surface area contributed by atoms with E-state index in [0.29, 0.717) is 30.1 Å². The largest absolute Gasteiger partial charge is 0.334 e. The fraction of sp³-hybridized carbons (Fsp3) is 0.176. The van der Waals surface area contributed by atoms with Crippen molar-refractivity contribution in [3.05, 3.63) is 58.9 Å². The number of aromatic nitrogens is 5. The number of H-pyrrole nitrogens is 2. The number of nitrogens with one attached hydrogen (secondary N) is 2. The Hall–Kier alpha value is -3.42. The Morgan fingerprint density at radius 1 is 1.08 bits per heavy atom. The summed E-state index contributed by atoms with van der Waals surface area (Å²) in [7, 11) is 0. The van der Waals surface area contributed by atoms with Gasteiger partial charge in [-0.2, -0.15) is 0 Å². The van der Waals surface area contributed by atoms with Crippen LogP contribution in [0.15, 0.2) is 47.4 Å². The van der Waals surface area contributed by atoms with E-state index in [0.717, 1.165) is 11.0 Å². The molecule has 0 unspecified atom stereocenters. The lowest BCUT2D eigenvalue weighted by Crippen LogP contribution is -2.52. The molecule has 0 aliphatic carbocycles. The number of imidazole rings is 2. The van der Waals surface area contributed by atoms with Gasteiger partial charge in [0, 0.05) is 19.3 Å². The molecule has 1 aliphatic rings. The van der Waals surface area contributed by atoms with Gasteiger partial charge in [0.1, 0.15) is 0 Å². The van der Waals surface area contributed by atoms with Crippen LogP contribution >= 0.6 is 0 Å². The van der Waals surface area contributed by atoms with Crippen molar-refractivity contribution < 1.29 is 4.79 Å². The molecule has 1 aromatic carbocycles. The predicted molar refractivity (Wildman–Crippen MR) is 91.4 cm³/mol. The lowest BCUT2D eigenvalue weighted by atomic mass is 10.1. The van der Waals surface area contributed by atoms with Crippen LogP contribution in [0.2, 0.25) is 0 Å². The van der Waals surface area contributed by atoms with Crippen molar-refractivity contribution >= 4 is 28.1 Å². The monoisotopic (exact) mass is 334 g/mol. The summed E-state index contributed by atoms with van der Waals surface area (Å²) in [5, 5.41) is 0. The van der Waals surface area contributed by atoms with Crippen molar-refractivity contribution in [1.82, 2.24) is 29.4 Å². The van der Waals surface area contributed by atoms with Gasteiger partial charge < -0.3 is 14.9 Å². The molecule has 1 fully saturated rings. The maximum absolute atomic E-state index is 12.6. The standard InChI is InChI=1S/C17H14N6O2/c24-16(14-19-11-4-1-2-5-12(11)20-14)22-8-10(9-22)23-15-13(21-17(23)25)6-3-7-18-15/h1-7,10H,8-9H2,(H,19,20)(H,21,25). The van der Waals surface area contributed by atoms with Gasteiger partial charge in [0.25, 0.3) is 5.91 Å². The van der Waals surface area contributed by atoms with Gasteiger partial charge in [-0.3, -0.25) is 9.36 Å². The molecule has 1 aliphatic heterocycles. The summed E-state index contributed by atoms with van der Waals surface area (Å²) < 4.78 is 1.62. The van der Waals surface area contributed by atoms with Crippen LogP contribution in [0.25, 0.3) is 22.2 Å². The van der Waals surface area contributed by atoms with Crippen LogP contribution in [0.5, 0.6) is 0 Å². The lowest BCUT2D eigenvalue weighted by Gasteiger charge is -2.38. The van der Waals surface area contributed by atoms with Gasteiger partial charge in [-0.25, -0.2) is 14.8 Å². The Kier molecular flexibility index (Phi) is 2.81. The summed E-state index contributed by atoms with van der Waals surface area (Å²) in [6, 6.07) is 11.0. The second kappa shape index (κ2) is 5.04. The zero-order valence-corrected chi connectivity index (χ0v) is 13.1. The van der Waals surface area contributed by atoms with E-state index in [9.17, 15) is 9.59 Å². The molecular formula is C17H14N6O2. The number of amides is 1. The van der Waals surface area contributed by atoms with Crippen LogP contribution in [0.3, 0.4) is 0 Å². The molecule has 0 bridgehead atoms. The number of hydrogen-bond donors (Lipinski definition) is 2. The third kappa shape index (κ3) is 2.07. The number of benzene rings is 1. The average molecular weight is 334 g/mol. The number of rotatable bonds is 2. The molecule has 0 spiro atoms. The first-order valence-corrected chi connectivity index (χ1v) is 8.00. The molecule has 124 valence electrons. The van der Waals surface area contributed by atoms with Crippen molar-refractivity contribution in [1.29, 1.82) is 0 Å². The molecule has 5 rings (SSSR count). The normalized spacial score (nSPS) is 15.0. The van der Waals surface area contributed by atoms with Gasteiger partial charge >= 0.3 is 5.69 Å². The number of para-hydroxylation sites is 2. The fourth-order valence-electron chi connectivity index (χ4n) is 3.29. The number of hydrogen-bond acceptors (Lipinski definition) is 4. The molecule has 0 atom stereocenters. The topological polar surface area (TPSA) is 99.7 Å². The van der Waals surface area contributed by atoms with E-state index >= 15 is 0 Å². The van der Waals surface area contributed by atoms with Crippen LogP contribution < -0.4 is 5.69 Å². The molecule has 8 nitrogen and oxygen atoms in total. The number of carbonyl (C=O) groups excluding carboxylic acids is 1. The highest BCUT2D eigenvalue weighted by Crippen LogP contribution is 2.24. The highest BCUT2D eigenvalue weighted by molar-refractivity contribution is 5.94. The first-order chi connectivity index (χ1) is 12.2. The Morgan fingerprint density at radius 3 is 2.72 bits per heavy atom. The smallest absolute Gasteiger partial charge is 0.328 e. The molecule has 8 heteroatoms. The number of aromatic amines is 2. The summed E-state index contributed by atoms with van der Waals surface area (Å²) in [6.07, 6.45) is 1.65. The van der Waals surface area contributed by atoms with Gasteiger partial charge in [0.15, 0.2) is 11.5 Å². The highest BCUT2D eigenvalue weighted by Gasteiger charge is 2.35. The summed E-state index contributed by atoms with van der Waals surface area (Å²) >= 11 is 0. The minimum atomic E-state index is -0.200. The zero-order valence-electron chi connectivity index (χ0n) is 13.1. The van der Waals surface area contributed by atoms with E-state index < -0.39 is 0 Å². The van der Waals surface area contributed by atoms with Crippen molar-refractivity contribution in [2.45, 2.75) is 6.04 Å². The van der Waals surface area contributed by atoms with E-state index in [2.05, 4.69) is 19.9 Å². The van der Waals surface area contributed by atoms with E-state index in [1.807, 2.05) is 30.3 Å². The number of likely N-dealkylation sites (tertiary alicyclic amines) is 1. The molecule has 4 heterocycles. The van der Waals surface area contributed by atoms with Crippen LogP contribution in [0.1, 0.15) is 16.7 Å². The molecule has 0 saturated carbocycles. The molecule has 2 N–H and O–H groups in total. The first kappa shape index (κ1) is 14.0. The van der Waals surface area contributed by atoms with Crippen LogP contribution in [0.4, 0.5) is 0 Å². The van der Waals surface area contributed by atoms with Crippen molar-refractivity contribution in [2.24, 2.45) is 0 Å². The molecule has 0 radical (unpaired) electrons. The maximum atomic E-state index is 12.6. The van der Waals surface area contributed by atoms with Crippen molar-refractivity contribution in [3.63, 3.8) is 0 Å². The average Bonchev–Trinajstić information content (AvgIpc) is 3.15. The van der Waals surface area contributed by atoms with Crippen molar-refractivity contribution in [2.75, 3.05) is 13.1 Å². The number of pyridine rings is 1. The molecule has 1 amide bonds. The quantitative estimate of drug-likeness (QED) is 0.577. The minimum Gasteiger partial charge on any atom is -0.334 e. The maximum Gasteiger partial charge on any atom is 0.328 e. The molecular weight excluding hydrogens is 320 g/mol. The Labute approximate surface area is 141 Å². The van der Waals surface area contributed by atoms with Gasteiger partial charge in [-0.1, -0.05) is 12.1 Å². The van der Waals surface area contributed by atoms with E-state index in [4.69, 9.17) is 0 Å². The van der Waals surface area contributed by atoms with Crippen LogP contribution in [0, 0.1) is 0 Å². The first-order valence-electron chi connectivity index (χ1n) is 8.00. The Bertz CT molecular complexity index is 1130. The molecule has 3 aromatic heterocycles. The number of fused-ring (bicyclic) bond motifs is 2. The second-order valence-corrected chi connectivity index (χ2v) is 6.14. The van der Waals surface area contributed by atoms with E-state index in [1.54, 1.807) is 21.7 Å². The van der Waals surface area contributed by atoms with Crippen LogP contribution in [-0.4, -0.2) is 48.4 Å². The van der Waals surface area contributed by atoms with Crippen LogP contribution in [-0.2, 0) is 0 Å². The Morgan fingerprint density at radius 2 is 1.88 bits per heavy atom. The lowest BCUT2D eigenvalue weighted by molar-refractivity contribution is 0.0510. The van der Waals surface area contributed by atoms with E-state index in [-0.39, 0.29) is 17.6 Å². The molecule has 4 aromatic rings. The molecule has 25 heavy (non-hydrogen) atoms. The predicted octanol–water partition coefficient (Wildman–Crippen LogP) is 1.30. The Balaban J connectivity index is 1.40. The summed E-state index contributed by atoms with van der Waals surface area (Å²) in [4.78, 5) is 40.9. The number of carbonyl (C=O) groups is 1. The summed E-state index contributed by atoms with van der Waals surface area (Å²) in [5.74, 6) is 0.164. The number of nitrogens with zero attached hydrogens (tertiary/aromatic N) is 4.